The number of hydrogen-bond acceptors (Lipinski definition) is 1. The minimum atomic E-state index is 0.505. The van der Waals surface area contributed by atoms with Crippen molar-refractivity contribution in [1.29, 1.82) is 0 Å². The normalized spacial score (nSPS) is 10.7. The molecule has 0 N–H and O–H groups in total. The van der Waals surface area contributed by atoms with E-state index in [1.54, 1.807) is 0 Å². The molecule has 0 aliphatic heterocycles. The number of pyridine rings is 1. The number of para-hydroxylation sites is 1. The van der Waals surface area contributed by atoms with Gasteiger partial charge in [0.25, 0.3) is 0 Å². The van der Waals surface area contributed by atoms with Crippen LogP contribution in [-0.4, -0.2) is 4.98 Å². The van der Waals surface area contributed by atoms with Crippen molar-refractivity contribution in [3.8, 4) is 11.3 Å². The quantitative estimate of drug-likeness (QED) is 0.606. The van der Waals surface area contributed by atoms with Gasteiger partial charge in [-0.2, -0.15) is 0 Å². The Morgan fingerprint density at radius 2 is 1.61 bits per heavy atom. The SMILES string of the molecule is ClCc1ccccc1-c1ccc2ccccc2n1. The monoisotopic (exact) mass is 253 g/mol. The summed E-state index contributed by atoms with van der Waals surface area (Å²) < 4.78 is 0. The first kappa shape index (κ1) is 11.2. The van der Waals surface area contributed by atoms with Crippen LogP contribution in [0.5, 0.6) is 0 Å². The van der Waals surface area contributed by atoms with E-state index in [0.29, 0.717) is 5.88 Å². The molecular weight excluding hydrogens is 242 g/mol. The Bertz CT molecular complexity index is 691. The number of halogens is 1. The van der Waals surface area contributed by atoms with Crippen LogP contribution in [0.3, 0.4) is 0 Å². The maximum Gasteiger partial charge on any atom is 0.0712 e. The van der Waals surface area contributed by atoms with Gasteiger partial charge in [-0.15, -0.1) is 11.6 Å². The molecule has 2 heteroatoms. The van der Waals surface area contributed by atoms with Gasteiger partial charge in [0, 0.05) is 16.8 Å². The lowest BCUT2D eigenvalue weighted by Crippen LogP contribution is -1.89. The van der Waals surface area contributed by atoms with Gasteiger partial charge in [-0.25, -0.2) is 4.98 Å². The second kappa shape index (κ2) is 4.79. The molecule has 0 spiro atoms. The molecule has 3 aromatic rings. The van der Waals surface area contributed by atoms with Gasteiger partial charge in [0.05, 0.1) is 11.2 Å². The summed E-state index contributed by atoms with van der Waals surface area (Å²) in [5, 5.41) is 1.16. The van der Waals surface area contributed by atoms with Gasteiger partial charge >= 0.3 is 0 Å². The van der Waals surface area contributed by atoms with E-state index in [0.717, 1.165) is 27.7 Å². The van der Waals surface area contributed by atoms with Gasteiger partial charge < -0.3 is 0 Å². The van der Waals surface area contributed by atoms with E-state index in [1.807, 2.05) is 42.5 Å². The standard InChI is InChI=1S/C16H12ClN/c17-11-13-6-1-3-7-14(13)16-10-9-12-5-2-4-8-15(12)18-16/h1-10H,11H2. The molecule has 0 radical (unpaired) electrons. The maximum atomic E-state index is 5.97. The summed E-state index contributed by atoms with van der Waals surface area (Å²) in [7, 11) is 0. The van der Waals surface area contributed by atoms with Crippen molar-refractivity contribution in [3.63, 3.8) is 0 Å². The predicted molar refractivity (Wildman–Crippen MR) is 76.7 cm³/mol. The van der Waals surface area contributed by atoms with Crippen molar-refractivity contribution in [2.24, 2.45) is 0 Å². The second-order valence-corrected chi connectivity index (χ2v) is 4.45. The zero-order chi connectivity index (χ0) is 12.4. The zero-order valence-corrected chi connectivity index (χ0v) is 10.6. The van der Waals surface area contributed by atoms with Crippen LogP contribution in [0.2, 0.25) is 0 Å². The molecule has 0 fully saturated rings. The summed E-state index contributed by atoms with van der Waals surface area (Å²) in [5.41, 5.74) is 4.21. The first-order chi connectivity index (χ1) is 8.88. The van der Waals surface area contributed by atoms with Gasteiger partial charge in [-0.05, 0) is 17.7 Å². The Kier molecular flexibility index (Phi) is 2.99. The van der Waals surface area contributed by atoms with E-state index in [-0.39, 0.29) is 0 Å². The van der Waals surface area contributed by atoms with E-state index in [9.17, 15) is 0 Å². The second-order valence-electron chi connectivity index (χ2n) is 4.18. The highest BCUT2D eigenvalue weighted by Crippen LogP contribution is 2.25. The molecule has 0 unspecified atom stereocenters. The molecule has 0 amide bonds. The minimum Gasteiger partial charge on any atom is -0.248 e. The van der Waals surface area contributed by atoms with Gasteiger partial charge in [0.2, 0.25) is 0 Å². The fourth-order valence-corrected chi connectivity index (χ4v) is 2.34. The summed E-state index contributed by atoms with van der Waals surface area (Å²) >= 11 is 5.97. The summed E-state index contributed by atoms with van der Waals surface area (Å²) in [6.07, 6.45) is 0. The molecule has 0 aliphatic rings. The van der Waals surface area contributed by atoms with Gasteiger partial charge in [-0.3, -0.25) is 0 Å². The third-order valence-corrected chi connectivity index (χ3v) is 3.32. The van der Waals surface area contributed by atoms with Crippen LogP contribution in [0.1, 0.15) is 5.56 Å². The topological polar surface area (TPSA) is 12.9 Å². The molecule has 0 atom stereocenters. The van der Waals surface area contributed by atoms with E-state index < -0.39 is 0 Å². The molecule has 2 aromatic carbocycles. The average Bonchev–Trinajstić information content (AvgIpc) is 2.46. The third-order valence-electron chi connectivity index (χ3n) is 3.04. The van der Waals surface area contributed by atoms with Crippen molar-refractivity contribution in [3.05, 3.63) is 66.2 Å². The Morgan fingerprint density at radius 1 is 0.833 bits per heavy atom. The predicted octanol–water partition coefficient (Wildman–Crippen LogP) is 4.64. The first-order valence-corrected chi connectivity index (χ1v) is 6.42. The lowest BCUT2D eigenvalue weighted by atomic mass is 10.0. The molecule has 88 valence electrons. The highest BCUT2D eigenvalue weighted by atomic mass is 35.5. The van der Waals surface area contributed by atoms with E-state index in [1.165, 1.54) is 0 Å². The Morgan fingerprint density at radius 3 is 2.50 bits per heavy atom. The molecule has 1 nitrogen and oxygen atoms in total. The van der Waals surface area contributed by atoms with E-state index in [2.05, 4.69) is 18.2 Å². The highest BCUT2D eigenvalue weighted by Gasteiger charge is 2.05. The lowest BCUT2D eigenvalue weighted by Gasteiger charge is -2.07. The van der Waals surface area contributed by atoms with Crippen molar-refractivity contribution < 1.29 is 0 Å². The van der Waals surface area contributed by atoms with Crippen LogP contribution in [0.25, 0.3) is 22.2 Å². The summed E-state index contributed by atoms with van der Waals surface area (Å²) in [5.74, 6) is 0.505. The van der Waals surface area contributed by atoms with Gasteiger partial charge in [-0.1, -0.05) is 48.5 Å². The molecule has 3 rings (SSSR count). The van der Waals surface area contributed by atoms with Crippen molar-refractivity contribution in [2.75, 3.05) is 0 Å². The maximum absolute atomic E-state index is 5.97. The molecule has 0 saturated heterocycles. The number of rotatable bonds is 2. The van der Waals surface area contributed by atoms with Gasteiger partial charge in [0.1, 0.15) is 0 Å². The van der Waals surface area contributed by atoms with E-state index >= 15 is 0 Å². The largest absolute Gasteiger partial charge is 0.248 e. The molecular formula is C16H12ClN. The number of fused-ring (bicyclic) bond motifs is 1. The number of nitrogens with zero attached hydrogens (tertiary/aromatic N) is 1. The first-order valence-electron chi connectivity index (χ1n) is 5.88. The summed E-state index contributed by atoms with van der Waals surface area (Å²) in [6, 6.07) is 20.4. The molecule has 18 heavy (non-hydrogen) atoms. The number of hydrogen-bond donors (Lipinski definition) is 0. The molecule has 1 aromatic heterocycles. The Balaban J connectivity index is 2.19. The minimum absolute atomic E-state index is 0.505. The number of alkyl halides is 1. The Labute approximate surface area is 111 Å². The van der Waals surface area contributed by atoms with Crippen LogP contribution >= 0.6 is 11.6 Å². The lowest BCUT2D eigenvalue weighted by molar-refractivity contribution is 1.34. The van der Waals surface area contributed by atoms with E-state index in [4.69, 9.17) is 16.6 Å². The van der Waals surface area contributed by atoms with Crippen LogP contribution in [0.15, 0.2) is 60.7 Å². The van der Waals surface area contributed by atoms with Gasteiger partial charge in [0.15, 0.2) is 0 Å². The van der Waals surface area contributed by atoms with Crippen LogP contribution < -0.4 is 0 Å². The fourth-order valence-electron chi connectivity index (χ4n) is 2.10. The smallest absolute Gasteiger partial charge is 0.0712 e. The summed E-state index contributed by atoms with van der Waals surface area (Å²) in [6.45, 7) is 0. The molecule has 0 aliphatic carbocycles. The van der Waals surface area contributed by atoms with Crippen molar-refractivity contribution in [1.82, 2.24) is 4.98 Å². The number of benzene rings is 2. The molecule has 1 heterocycles. The van der Waals surface area contributed by atoms with Crippen molar-refractivity contribution >= 4 is 22.5 Å². The van der Waals surface area contributed by atoms with Crippen LogP contribution in [-0.2, 0) is 5.88 Å². The van der Waals surface area contributed by atoms with Crippen LogP contribution in [0, 0.1) is 0 Å². The zero-order valence-electron chi connectivity index (χ0n) is 9.81. The fraction of sp³-hybridized carbons (Fsp3) is 0.0625. The number of aromatic nitrogens is 1. The average molecular weight is 254 g/mol. The summed E-state index contributed by atoms with van der Waals surface area (Å²) in [4.78, 5) is 4.70. The molecule has 0 bridgehead atoms. The third kappa shape index (κ3) is 1.98. The Hall–Kier alpha value is -1.86. The molecule has 0 saturated carbocycles. The highest BCUT2D eigenvalue weighted by molar-refractivity contribution is 6.17. The van der Waals surface area contributed by atoms with Crippen LogP contribution in [0.4, 0.5) is 0 Å². The van der Waals surface area contributed by atoms with Crippen molar-refractivity contribution in [2.45, 2.75) is 5.88 Å².